The summed E-state index contributed by atoms with van der Waals surface area (Å²) in [4.78, 5) is 13.9. The van der Waals surface area contributed by atoms with Gasteiger partial charge in [-0.05, 0) is 42.9 Å². The van der Waals surface area contributed by atoms with Gasteiger partial charge < -0.3 is 4.74 Å². The maximum atomic E-state index is 11.5. The third kappa shape index (κ3) is 3.13. The standard InChI is InChI=1S/C18H25NO2/c1-3-4-17-10-16(12-19(17)11-13(2)20)14-5-6-18-15(9-14)7-8-21-18/h5-6,9,16-17H,3-4,7-8,10-12H2,1-2H3. The Morgan fingerprint density at radius 3 is 3.05 bits per heavy atom. The molecule has 0 radical (unpaired) electrons. The van der Waals surface area contributed by atoms with Crippen molar-refractivity contribution in [3.8, 4) is 5.75 Å². The first-order chi connectivity index (χ1) is 10.2. The summed E-state index contributed by atoms with van der Waals surface area (Å²) in [6.07, 6.45) is 4.59. The van der Waals surface area contributed by atoms with Crippen LogP contribution in [0.15, 0.2) is 18.2 Å². The summed E-state index contributed by atoms with van der Waals surface area (Å²) in [7, 11) is 0. The lowest BCUT2D eigenvalue weighted by molar-refractivity contribution is -0.118. The molecule has 0 N–H and O–H groups in total. The summed E-state index contributed by atoms with van der Waals surface area (Å²) in [5.41, 5.74) is 2.77. The molecular weight excluding hydrogens is 262 g/mol. The Labute approximate surface area is 127 Å². The van der Waals surface area contributed by atoms with Gasteiger partial charge in [-0.15, -0.1) is 0 Å². The molecule has 0 bridgehead atoms. The summed E-state index contributed by atoms with van der Waals surface area (Å²) in [5.74, 6) is 1.90. The van der Waals surface area contributed by atoms with Crippen molar-refractivity contribution >= 4 is 5.78 Å². The number of rotatable bonds is 5. The topological polar surface area (TPSA) is 29.5 Å². The van der Waals surface area contributed by atoms with Crippen LogP contribution < -0.4 is 4.74 Å². The number of hydrogen-bond donors (Lipinski definition) is 0. The van der Waals surface area contributed by atoms with Gasteiger partial charge in [-0.2, -0.15) is 0 Å². The van der Waals surface area contributed by atoms with E-state index in [1.54, 1.807) is 6.92 Å². The number of Topliss-reactive ketones (excluding diaryl/α,β-unsaturated/α-hetero) is 1. The zero-order valence-electron chi connectivity index (χ0n) is 13.1. The average Bonchev–Trinajstić information content (AvgIpc) is 3.05. The second kappa shape index (κ2) is 6.18. The van der Waals surface area contributed by atoms with Crippen molar-refractivity contribution in [1.29, 1.82) is 0 Å². The number of hydrogen-bond acceptors (Lipinski definition) is 3. The highest BCUT2D eigenvalue weighted by Gasteiger charge is 2.33. The third-order valence-corrected chi connectivity index (χ3v) is 4.76. The highest BCUT2D eigenvalue weighted by molar-refractivity contribution is 5.77. The number of likely N-dealkylation sites (tertiary alicyclic amines) is 1. The van der Waals surface area contributed by atoms with Crippen molar-refractivity contribution in [1.82, 2.24) is 4.90 Å². The number of carbonyl (C=O) groups excluding carboxylic acids is 1. The van der Waals surface area contributed by atoms with Crippen LogP contribution in [0.5, 0.6) is 5.75 Å². The van der Waals surface area contributed by atoms with Gasteiger partial charge >= 0.3 is 0 Å². The fourth-order valence-electron chi connectivity index (χ4n) is 3.80. The molecule has 1 aromatic rings. The van der Waals surface area contributed by atoms with Crippen LogP contribution in [0.4, 0.5) is 0 Å². The first-order valence-electron chi connectivity index (χ1n) is 8.16. The molecule has 1 fully saturated rings. The van der Waals surface area contributed by atoms with Gasteiger partial charge in [-0.1, -0.05) is 25.5 Å². The van der Waals surface area contributed by atoms with Crippen molar-refractivity contribution < 1.29 is 9.53 Å². The Balaban J connectivity index is 1.75. The van der Waals surface area contributed by atoms with E-state index in [0.29, 0.717) is 18.5 Å². The highest BCUT2D eigenvalue weighted by Crippen LogP contribution is 2.36. The van der Waals surface area contributed by atoms with E-state index in [-0.39, 0.29) is 5.78 Å². The molecule has 2 heterocycles. The van der Waals surface area contributed by atoms with Gasteiger partial charge in [0, 0.05) is 19.0 Å². The molecule has 0 aromatic heterocycles. The average molecular weight is 287 g/mol. The summed E-state index contributed by atoms with van der Waals surface area (Å²) in [6.45, 7) is 6.37. The van der Waals surface area contributed by atoms with Gasteiger partial charge in [0.1, 0.15) is 11.5 Å². The fraction of sp³-hybridized carbons (Fsp3) is 0.611. The van der Waals surface area contributed by atoms with Crippen molar-refractivity contribution in [3.05, 3.63) is 29.3 Å². The summed E-state index contributed by atoms with van der Waals surface area (Å²) >= 11 is 0. The van der Waals surface area contributed by atoms with Gasteiger partial charge in [-0.25, -0.2) is 0 Å². The molecule has 3 rings (SSSR count). The molecule has 1 saturated heterocycles. The molecule has 114 valence electrons. The third-order valence-electron chi connectivity index (χ3n) is 4.76. The van der Waals surface area contributed by atoms with Gasteiger partial charge in [-0.3, -0.25) is 9.69 Å². The molecule has 2 aliphatic rings. The van der Waals surface area contributed by atoms with Crippen LogP contribution in [0.25, 0.3) is 0 Å². The molecule has 0 saturated carbocycles. The van der Waals surface area contributed by atoms with Crippen LogP contribution >= 0.6 is 0 Å². The maximum Gasteiger partial charge on any atom is 0.143 e. The van der Waals surface area contributed by atoms with E-state index >= 15 is 0 Å². The van der Waals surface area contributed by atoms with E-state index in [1.807, 2.05) is 0 Å². The minimum Gasteiger partial charge on any atom is -0.493 e. The predicted octanol–water partition coefficient (Wildman–Crippen LogP) is 3.17. The van der Waals surface area contributed by atoms with E-state index in [1.165, 1.54) is 30.4 Å². The highest BCUT2D eigenvalue weighted by atomic mass is 16.5. The van der Waals surface area contributed by atoms with Gasteiger partial charge in [0.2, 0.25) is 0 Å². The number of benzene rings is 1. The lowest BCUT2D eigenvalue weighted by atomic mass is 9.93. The Morgan fingerprint density at radius 2 is 2.29 bits per heavy atom. The molecule has 21 heavy (non-hydrogen) atoms. The molecule has 2 atom stereocenters. The van der Waals surface area contributed by atoms with Crippen molar-refractivity contribution in [2.24, 2.45) is 0 Å². The Kier molecular flexibility index (Phi) is 4.29. The normalized spacial score (nSPS) is 24.9. The van der Waals surface area contributed by atoms with E-state index in [4.69, 9.17) is 4.74 Å². The SMILES string of the molecule is CCCC1CC(c2ccc3c(c2)CCO3)CN1CC(C)=O. The molecular formula is C18H25NO2. The number of nitrogens with zero attached hydrogens (tertiary/aromatic N) is 1. The largest absolute Gasteiger partial charge is 0.493 e. The first kappa shape index (κ1) is 14.6. The van der Waals surface area contributed by atoms with E-state index in [2.05, 4.69) is 30.0 Å². The zero-order chi connectivity index (χ0) is 14.8. The van der Waals surface area contributed by atoms with Crippen molar-refractivity contribution in [3.63, 3.8) is 0 Å². The van der Waals surface area contributed by atoms with E-state index in [0.717, 1.165) is 25.3 Å². The lowest BCUT2D eigenvalue weighted by Crippen LogP contribution is -2.33. The monoisotopic (exact) mass is 287 g/mol. The van der Waals surface area contributed by atoms with Crippen molar-refractivity contribution in [2.75, 3.05) is 19.7 Å². The summed E-state index contributed by atoms with van der Waals surface area (Å²) in [6, 6.07) is 7.23. The minimum absolute atomic E-state index is 0.277. The van der Waals surface area contributed by atoms with Crippen LogP contribution in [-0.4, -0.2) is 36.4 Å². The van der Waals surface area contributed by atoms with Crippen LogP contribution in [-0.2, 0) is 11.2 Å². The molecule has 2 unspecified atom stereocenters. The number of ketones is 1. The first-order valence-corrected chi connectivity index (χ1v) is 8.16. The van der Waals surface area contributed by atoms with Gasteiger partial charge in [0.25, 0.3) is 0 Å². The van der Waals surface area contributed by atoms with Crippen LogP contribution in [0.2, 0.25) is 0 Å². The van der Waals surface area contributed by atoms with Crippen molar-refractivity contribution in [2.45, 2.75) is 51.5 Å². The summed E-state index contributed by atoms with van der Waals surface area (Å²) < 4.78 is 5.59. The number of carbonyl (C=O) groups is 1. The molecule has 3 heteroatoms. The second-order valence-electron chi connectivity index (χ2n) is 6.47. The molecule has 1 aromatic carbocycles. The Morgan fingerprint density at radius 1 is 1.43 bits per heavy atom. The molecule has 0 spiro atoms. The smallest absolute Gasteiger partial charge is 0.143 e. The number of fused-ring (bicyclic) bond motifs is 1. The summed E-state index contributed by atoms with van der Waals surface area (Å²) in [5, 5.41) is 0. The molecule has 3 nitrogen and oxygen atoms in total. The fourth-order valence-corrected chi connectivity index (χ4v) is 3.80. The number of ether oxygens (including phenoxy) is 1. The maximum absolute atomic E-state index is 11.5. The van der Waals surface area contributed by atoms with Crippen LogP contribution in [0, 0.1) is 0 Å². The zero-order valence-corrected chi connectivity index (χ0v) is 13.1. The van der Waals surface area contributed by atoms with E-state index < -0.39 is 0 Å². The lowest BCUT2D eigenvalue weighted by Gasteiger charge is -2.22. The van der Waals surface area contributed by atoms with Gasteiger partial charge in [0.05, 0.1) is 13.2 Å². The quantitative estimate of drug-likeness (QED) is 0.833. The molecule has 0 amide bonds. The predicted molar refractivity (Wildman–Crippen MR) is 83.9 cm³/mol. The molecule has 2 aliphatic heterocycles. The second-order valence-corrected chi connectivity index (χ2v) is 6.47. The van der Waals surface area contributed by atoms with Gasteiger partial charge in [0.15, 0.2) is 0 Å². The van der Waals surface area contributed by atoms with Crippen LogP contribution in [0.3, 0.4) is 0 Å². The minimum atomic E-state index is 0.277. The van der Waals surface area contributed by atoms with E-state index in [9.17, 15) is 4.79 Å². The Hall–Kier alpha value is -1.35. The molecule has 0 aliphatic carbocycles. The van der Waals surface area contributed by atoms with Crippen LogP contribution in [0.1, 0.15) is 50.2 Å². The Bertz CT molecular complexity index is 526.